The van der Waals surface area contributed by atoms with Gasteiger partial charge in [0.05, 0.1) is 17.4 Å². The van der Waals surface area contributed by atoms with Gasteiger partial charge in [0.1, 0.15) is 5.82 Å². The molecule has 2 amide bonds. The van der Waals surface area contributed by atoms with Crippen molar-refractivity contribution < 1.29 is 9.59 Å². The third kappa shape index (κ3) is 5.20. The van der Waals surface area contributed by atoms with Gasteiger partial charge in [0, 0.05) is 22.9 Å². The van der Waals surface area contributed by atoms with E-state index in [9.17, 15) is 9.59 Å². The summed E-state index contributed by atoms with van der Waals surface area (Å²) >= 11 is 0. The molecule has 5 aromatic rings. The SMILES string of the molecule is Cc1ccc(NC(=O)/C=C/c2ccccc2)cc1C(=O)Nc1cnc2nc(-c3ccccc3)[nH]c2c1. The summed E-state index contributed by atoms with van der Waals surface area (Å²) in [7, 11) is 0. The Balaban J connectivity index is 1.30. The molecule has 3 N–H and O–H groups in total. The average molecular weight is 474 g/mol. The number of fused-ring (bicyclic) bond motifs is 1. The van der Waals surface area contributed by atoms with Gasteiger partial charge in [-0.15, -0.1) is 0 Å². The maximum atomic E-state index is 13.1. The first-order valence-electron chi connectivity index (χ1n) is 11.4. The van der Waals surface area contributed by atoms with Crippen LogP contribution in [-0.4, -0.2) is 26.8 Å². The van der Waals surface area contributed by atoms with E-state index >= 15 is 0 Å². The molecule has 0 saturated heterocycles. The highest BCUT2D eigenvalue weighted by molar-refractivity contribution is 6.07. The van der Waals surface area contributed by atoms with E-state index < -0.39 is 0 Å². The lowest BCUT2D eigenvalue weighted by Crippen LogP contribution is -2.15. The molecule has 176 valence electrons. The number of benzene rings is 3. The van der Waals surface area contributed by atoms with Crippen LogP contribution < -0.4 is 10.6 Å². The van der Waals surface area contributed by atoms with Gasteiger partial charge in [-0.25, -0.2) is 9.97 Å². The highest BCUT2D eigenvalue weighted by Crippen LogP contribution is 2.22. The normalized spacial score (nSPS) is 11.0. The van der Waals surface area contributed by atoms with Crippen LogP contribution in [0.15, 0.2) is 97.2 Å². The predicted octanol–water partition coefficient (Wildman–Crippen LogP) is 5.84. The number of nitrogens with zero attached hydrogens (tertiary/aromatic N) is 2. The number of pyridine rings is 1. The number of rotatable bonds is 6. The van der Waals surface area contributed by atoms with Gasteiger partial charge >= 0.3 is 0 Å². The Morgan fingerprint density at radius 1 is 0.861 bits per heavy atom. The number of anilines is 2. The van der Waals surface area contributed by atoms with Gasteiger partial charge in [-0.05, 0) is 42.3 Å². The van der Waals surface area contributed by atoms with Crippen LogP contribution in [0.2, 0.25) is 0 Å². The largest absolute Gasteiger partial charge is 0.337 e. The van der Waals surface area contributed by atoms with Crippen LogP contribution in [0.4, 0.5) is 11.4 Å². The fourth-order valence-electron chi connectivity index (χ4n) is 3.76. The second kappa shape index (κ2) is 10.1. The molecule has 0 aliphatic carbocycles. The van der Waals surface area contributed by atoms with Gasteiger partial charge in [0.25, 0.3) is 5.91 Å². The van der Waals surface area contributed by atoms with Crippen LogP contribution >= 0.6 is 0 Å². The van der Waals surface area contributed by atoms with Gasteiger partial charge in [0.2, 0.25) is 5.91 Å². The Morgan fingerprint density at radius 2 is 1.61 bits per heavy atom. The molecule has 7 heteroatoms. The van der Waals surface area contributed by atoms with Crippen molar-refractivity contribution in [1.82, 2.24) is 15.0 Å². The summed E-state index contributed by atoms with van der Waals surface area (Å²) in [6, 6.07) is 26.4. The van der Waals surface area contributed by atoms with Gasteiger partial charge in [-0.1, -0.05) is 66.7 Å². The summed E-state index contributed by atoms with van der Waals surface area (Å²) in [6.45, 7) is 1.85. The van der Waals surface area contributed by atoms with Crippen molar-refractivity contribution in [3.05, 3.63) is 114 Å². The predicted molar refractivity (Wildman–Crippen MR) is 143 cm³/mol. The summed E-state index contributed by atoms with van der Waals surface area (Å²) in [6.07, 6.45) is 4.77. The Hall–Kier alpha value is -5.04. The molecule has 0 aliphatic rings. The third-order valence-corrected chi connectivity index (χ3v) is 5.62. The molecular weight excluding hydrogens is 450 g/mol. The first-order valence-corrected chi connectivity index (χ1v) is 11.4. The van der Waals surface area contributed by atoms with E-state index in [0.717, 1.165) is 22.2 Å². The van der Waals surface area contributed by atoms with Gasteiger partial charge < -0.3 is 15.6 Å². The fourth-order valence-corrected chi connectivity index (χ4v) is 3.76. The van der Waals surface area contributed by atoms with Crippen LogP contribution in [-0.2, 0) is 4.79 Å². The highest BCUT2D eigenvalue weighted by Gasteiger charge is 2.13. The molecule has 2 aromatic heterocycles. The maximum Gasteiger partial charge on any atom is 0.256 e. The van der Waals surface area contributed by atoms with Crippen LogP contribution in [0, 0.1) is 6.92 Å². The molecule has 0 atom stereocenters. The number of amides is 2. The smallest absolute Gasteiger partial charge is 0.256 e. The minimum absolute atomic E-state index is 0.280. The zero-order valence-electron chi connectivity index (χ0n) is 19.5. The topological polar surface area (TPSA) is 99.8 Å². The zero-order valence-corrected chi connectivity index (χ0v) is 19.5. The van der Waals surface area contributed by atoms with Crippen LogP contribution in [0.3, 0.4) is 0 Å². The second-order valence-electron chi connectivity index (χ2n) is 8.26. The molecule has 0 unspecified atom stereocenters. The van der Waals surface area contributed by atoms with Crippen molar-refractivity contribution in [2.75, 3.05) is 10.6 Å². The van der Waals surface area contributed by atoms with E-state index in [4.69, 9.17) is 0 Å². The Bertz CT molecular complexity index is 1570. The molecule has 2 heterocycles. The minimum Gasteiger partial charge on any atom is -0.337 e. The molecule has 0 saturated carbocycles. The Morgan fingerprint density at radius 3 is 2.39 bits per heavy atom. The quantitative estimate of drug-likeness (QED) is 0.270. The van der Waals surface area contributed by atoms with Gasteiger partial charge in [-0.3, -0.25) is 9.59 Å². The molecule has 5 rings (SSSR count). The first kappa shape index (κ1) is 22.7. The summed E-state index contributed by atoms with van der Waals surface area (Å²) in [5.41, 5.74) is 5.47. The summed E-state index contributed by atoms with van der Waals surface area (Å²) in [5.74, 6) is 0.131. The number of imidazole rings is 1. The first-order chi connectivity index (χ1) is 17.5. The van der Waals surface area contributed by atoms with Gasteiger partial charge in [-0.2, -0.15) is 0 Å². The molecule has 0 fully saturated rings. The molecule has 0 radical (unpaired) electrons. The number of nitrogens with one attached hydrogen (secondary N) is 3. The number of H-pyrrole nitrogens is 1. The van der Waals surface area contributed by atoms with E-state index in [1.165, 1.54) is 6.08 Å². The van der Waals surface area contributed by atoms with Crippen molar-refractivity contribution in [2.45, 2.75) is 6.92 Å². The summed E-state index contributed by atoms with van der Waals surface area (Å²) in [5, 5.41) is 5.70. The average Bonchev–Trinajstić information content (AvgIpc) is 3.33. The molecule has 3 aromatic carbocycles. The number of carbonyl (C=O) groups is 2. The molecular formula is C29H23N5O2. The van der Waals surface area contributed by atoms with E-state index in [0.29, 0.717) is 28.4 Å². The summed E-state index contributed by atoms with van der Waals surface area (Å²) < 4.78 is 0. The Kier molecular flexibility index (Phi) is 6.36. The van der Waals surface area contributed by atoms with Crippen LogP contribution in [0.1, 0.15) is 21.5 Å². The third-order valence-electron chi connectivity index (χ3n) is 5.62. The molecule has 0 spiro atoms. The lowest BCUT2D eigenvalue weighted by molar-refractivity contribution is -0.111. The standard InChI is InChI=1S/C29H23N5O2/c1-19-12-14-22(31-26(35)15-13-20-8-4-2-5-9-20)16-24(19)29(36)32-23-17-25-28(30-18-23)34-27(33-25)21-10-6-3-7-11-21/h2-18H,1H3,(H,31,35)(H,32,36)(H,30,33,34)/b15-13+. The monoisotopic (exact) mass is 473 g/mol. The van der Waals surface area contributed by atoms with E-state index in [1.807, 2.05) is 67.6 Å². The van der Waals surface area contributed by atoms with Gasteiger partial charge in [0.15, 0.2) is 5.65 Å². The van der Waals surface area contributed by atoms with Crippen molar-refractivity contribution >= 4 is 40.4 Å². The molecule has 36 heavy (non-hydrogen) atoms. The maximum absolute atomic E-state index is 13.1. The summed E-state index contributed by atoms with van der Waals surface area (Å²) in [4.78, 5) is 37.6. The zero-order chi connectivity index (χ0) is 24.9. The van der Waals surface area contributed by atoms with Crippen LogP contribution in [0.5, 0.6) is 0 Å². The fraction of sp³-hybridized carbons (Fsp3) is 0.0345. The number of aryl methyl sites for hydroxylation is 1. The molecule has 0 aliphatic heterocycles. The number of aromatic amines is 1. The van der Waals surface area contributed by atoms with Crippen molar-refractivity contribution in [1.29, 1.82) is 0 Å². The Labute approximate surface area is 207 Å². The second-order valence-corrected chi connectivity index (χ2v) is 8.26. The van der Waals surface area contributed by atoms with E-state index in [-0.39, 0.29) is 11.8 Å². The lowest BCUT2D eigenvalue weighted by Gasteiger charge is -2.10. The minimum atomic E-state index is -0.299. The molecule has 0 bridgehead atoms. The lowest BCUT2D eigenvalue weighted by atomic mass is 10.1. The van der Waals surface area contributed by atoms with Crippen molar-refractivity contribution in [3.63, 3.8) is 0 Å². The van der Waals surface area contributed by atoms with Crippen LogP contribution in [0.25, 0.3) is 28.6 Å². The van der Waals surface area contributed by atoms with Crippen molar-refractivity contribution in [3.8, 4) is 11.4 Å². The van der Waals surface area contributed by atoms with E-state index in [2.05, 4.69) is 25.6 Å². The number of hydrogen-bond donors (Lipinski definition) is 3. The highest BCUT2D eigenvalue weighted by atomic mass is 16.2. The van der Waals surface area contributed by atoms with Crippen molar-refractivity contribution in [2.24, 2.45) is 0 Å². The number of carbonyl (C=O) groups excluding carboxylic acids is 2. The molecule has 7 nitrogen and oxygen atoms in total. The number of hydrogen-bond acceptors (Lipinski definition) is 4. The number of aromatic nitrogens is 3. The van der Waals surface area contributed by atoms with E-state index in [1.54, 1.807) is 36.5 Å².